The van der Waals surface area contributed by atoms with Gasteiger partial charge in [0.15, 0.2) is 5.78 Å². The summed E-state index contributed by atoms with van der Waals surface area (Å²) in [5.74, 6) is -7.46. The number of amides is 13. The van der Waals surface area contributed by atoms with Gasteiger partial charge in [-0.25, -0.2) is 0 Å². The summed E-state index contributed by atoms with van der Waals surface area (Å²) in [7, 11) is 13.4. The molecule has 0 unspecified atom stereocenters. The Morgan fingerprint density at radius 2 is 0.753 bits per heavy atom. The second-order valence-corrected chi connectivity index (χ2v) is 20.7. The van der Waals surface area contributed by atoms with E-state index in [1.165, 1.54) is 70.5 Å². The fraction of sp³-hybridized carbons (Fsp3) is 0.686. The van der Waals surface area contributed by atoms with Gasteiger partial charge < -0.3 is 64.9 Å². The fourth-order valence-electron chi connectivity index (χ4n) is 6.92. The summed E-state index contributed by atoms with van der Waals surface area (Å²) >= 11 is 0. The second-order valence-electron chi connectivity index (χ2n) is 20.7. The Morgan fingerprint density at radius 1 is 0.420 bits per heavy atom. The molecule has 0 bridgehead atoms. The van der Waals surface area contributed by atoms with Crippen molar-refractivity contribution >= 4 is 82.6 Å². The molecule has 0 saturated heterocycles. The lowest BCUT2D eigenvalue weighted by atomic mass is 10.0. The van der Waals surface area contributed by atoms with Crippen LogP contribution >= 0.6 is 0 Å². The Labute approximate surface area is 474 Å². The van der Waals surface area contributed by atoms with Crippen molar-refractivity contribution in [3.8, 4) is 0 Å². The monoisotopic (exact) mass is 1150 g/mol. The molecular weight excluding hydrogens is 1060 g/mol. The van der Waals surface area contributed by atoms with Crippen LogP contribution in [0.3, 0.4) is 0 Å². The molecule has 1 heterocycles. The van der Waals surface area contributed by atoms with Crippen LogP contribution in [0.2, 0.25) is 0 Å². The van der Waals surface area contributed by atoms with Crippen molar-refractivity contribution in [1.82, 2.24) is 79.9 Å². The average Bonchev–Trinajstić information content (AvgIpc) is 3.85. The third kappa shape index (κ3) is 26.6. The van der Waals surface area contributed by atoms with Gasteiger partial charge in [0.2, 0.25) is 76.8 Å². The zero-order valence-electron chi connectivity index (χ0n) is 49.9. The lowest BCUT2D eigenvalue weighted by molar-refractivity contribution is -0.146. The smallest absolute Gasteiger partial charge is 0.242 e. The van der Waals surface area contributed by atoms with Crippen molar-refractivity contribution in [3.05, 3.63) is 11.9 Å². The Hall–Kier alpha value is -8.08. The zero-order valence-corrected chi connectivity index (χ0v) is 49.9. The Kier molecular flexibility index (Phi) is 30.5. The predicted octanol–water partition coefficient (Wildman–Crippen LogP) is -4.81. The molecule has 0 aliphatic rings. The number of ketones is 1. The number of aromatic nitrogens is 3. The number of rotatable bonds is 34. The third-order valence-electron chi connectivity index (χ3n) is 12.6. The number of nitrogens with one attached hydrogen (secondary N) is 3. The van der Waals surface area contributed by atoms with E-state index in [0.717, 1.165) is 49.0 Å². The highest BCUT2D eigenvalue weighted by Crippen LogP contribution is 2.04. The van der Waals surface area contributed by atoms with Crippen LogP contribution in [0.15, 0.2) is 6.20 Å². The highest BCUT2D eigenvalue weighted by atomic mass is 16.2. The third-order valence-corrected chi connectivity index (χ3v) is 12.6. The molecule has 0 saturated carbocycles. The van der Waals surface area contributed by atoms with Crippen LogP contribution < -0.4 is 16.0 Å². The van der Waals surface area contributed by atoms with E-state index in [1.807, 2.05) is 13.8 Å². The molecular formula is C51H86N16O14. The van der Waals surface area contributed by atoms with Crippen LogP contribution in [0.4, 0.5) is 0 Å². The van der Waals surface area contributed by atoms with E-state index in [4.69, 9.17) is 0 Å². The second kappa shape index (κ2) is 34.8. The molecule has 0 spiro atoms. The minimum absolute atomic E-state index is 0.0229. The molecule has 0 radical (unpaired) electrons. The summed E-state index contributed by atoms with van der Waals surface area (Å²) < 4.78 is 1.64. The predicted molar refractivity (Wildman–Crippen MR) is 292 cm³/mol. The first kappa shape index (κ1) is 70.9. The van der Waals surface area contributed by atoms with Crippen LogP contribution in [0, 0.1) is 11.8 Å². The molecule has 454 valence electrons. The zero-order chi connectivity index (χ0) is 62.0. The maximum absolute atomic E-state index is 13.0. The number of nitrogens with zero attached hydrogens (tertiary/aromatic N) is 13. The van der Waals surface area contributed by atoms with Gasteiger partial charge in [0.1, 0.15) is 0 Å². The van der Waals surface area contributed by atoms with Crippen molar-refractivity contribution in [2.75, 3.05) is 149 Å². The maximum atomic E-state index is 13.0. The van der Waals surface area contributed by atoms with E-state index in [9.17, 15) is 67.1 Å². The van der Waals surface area contributed by atoms with E-state index in [-0.39, 0.29) is 61.9 Å². The molecule has 0 aliphatic heterocycles. The van der Waals surface area contributed by atoms with E-state index in [1.54, 1.807) is 31.6 Å². The highest BCUT2D eigenvalue weighted by Gasteiger charge is 2.27. The fourth-order valence-corrected chi connectivity index (χ4v) is 6.92. The molecule has 1 aromatic heterocycles. The first-order valence-electron chi connectivity index (χ1n) is 26.3. The molecule has 81 heavy (non-hydrogen) atoms. The van der Waals surface area contributed by atoms with Gasteiger partial charge in [-0.3, -0.25) is 71.8 Å². The number of Topliss-reactive ketones (excluding diaryl/α,β-unsaturated/α-hetero) is 1. The quantitative estimate of drug-likeness (QED) is 0.0545. The molecule has 1 rings (SSSR count). The molecule has 3 N–H and O–H groups in total. The number of aryl methyl sites for hydroxylation is 2. The summed E-state index contributed by atoms with van der Waals surface area (Å²) in [6, 6.07) is -0.742. The number of hydrogen-bond donors (Lipinski definition) is 3. The van der Waals surface area contributed by atoms with Gasteiger partial charge >= 0.3 is 0 Å². The summed E-state index contributed by atoms with van der Waals surface area (Å²) in [6.45, 7) is 5.26. The summed E-state index contributed by atoms with van der Waals surface area (Å²) in [5.41, 5.74) is 0.612. The van der Waals surface area contributed by atoms with E-state index >= 15 is 0 Å². The molecule has 0 aliphatic carbocycles. The molecule has 30 nitrogen and oxygen atoms in total. The summed E-state index contributed by atoms with van der Waals surface area (Å²) in [4.78, 5) is 188. The van der Waals surface area contributed by atoms with Crippen LogP contribution in [0.25, 0.3) is 0 Å². The minimum Gasteiger partial charge on any atom is -0.356 e. The number of hydrogen-bond acceptors (Lipinski definition) is 16. The lowest BCUT2D eigenvalue weighted by Crippen LogP contribution is -2.49. The standard InChI is InChI=1S/C51H86N16O14/c1-34(2)50(80)36(5)54-39(69)24-57(6)41(71)26-59(8)43(73)28-61(10)45(75)30-63(12)47(77)32-65(14)49(79)33-66(15)48(78)31-64(13)46(76)29-62(11)44(74)27-60(9)42(72)25-58(7)40(70)19-21-52-38(68)18-17-37-23-67(56-55-37)22-16-20-53-51(81)35(3)4/h23,34-36H,16-22,24-33H2,1-15H3,(H,52,68)(H,53,81)(H,54,69)/t36-/m0/s1. The Balaban J connectivity index is 2.47. The largest absolute Gasteiger partial charge is 0.356 e. The first-order valence-corrected chi connectivity index (χ1v) is 26.3. The molecule has 0 aromatic carbocycles. The molecule has 13 amide bonds. The minimum atomic E-state index is -0.742. The molecule has 1 atom stereocenters. The van der Waals surface area contributed by atoms with E-state index < -0.39 is 123 Å². The lowest BCUT2D eigenvalue weighted by Gasteiger charge is -2.27. The first-order chi connectivity index (χ1) is 37.6. The molecule has 0 fully saturated rings. The number of carbonyl (C=O) groups is 14. The Morgan fingerprint density at radius 3 is 1.09 bits per heavy atom. The van der Waals surface area contributed by atoms with E-state index in [2.05, 4.69) is 26.3 Å². The molecule has 1 aromatic rings. The SMILES string of the molecule is CC(C)C(=O)NCCCn1cc(CCC(=O)NCCC(=O)N(C)CC(=O)N(C)CC(=O)N(C)CC(=O)N(C)CC(=O)N(C)CC(=O)N(C)CC(=O)N(C)CC(=O)N(C)CC(=O)N(C)CC(=O)N(C)CC(=O)N[C@@H](C)C(=O)C(C)C)nn1. The number of likely N-dealkylation sites (N-methyl/N-ethyl adjacent to an activating group) is 10. The van der Waals surface area contributed by atoms with Crippen molar-refractivity contribution < 1.29 is 67.1 Å². The van der Waals surface area contributed by atoms with Gasteiger partial charge in [0.25, 0.3) is 0 Å². The van der Waals surface area contributed by atoms with Crippen molar-refractivity contribution in [1.29, 1.82) is 0 Å². The van der Waals surface area contributed by atoms with Crippen LogP contribution in [0.5, 0.6) is 0 Å². The van der Waals surface area contributed by atoms with Crippen molar-refractivity contribution in [2.45, 2.75) is 72.9 Å². The van der Waals surface area contributed by atoms with Gasteiger partial charge in [0, 0.05) is 127 Å². The summed E-state index contributed by atoms with van der Waals surface area (Å²) in [5, 5.41) is 16.1. The number of carbonyl (C=O) groups excluding carboxylic acids is 14. The van der Waals surface area contributed by atoms with Crippen LogP contribution in [-0.2, 0) is 80.1 Å². The van der Waals surface area contributed by atoms with Crippen LogP contribution in [-0.4, -0.2) is 302 Å². The van der Waals surface area contributed by atoms with Crippen molar-refractivity contribution in [2.24, 2.45) is 11.8 Å². The van der Waals surface area contributed by atoms with Crippen molar-refractivity contribution in [3.63, 3.8) is 0 Å². The van der Waals surface area contributed by atoms with Gasteiger partial charge in [-0.1, -0.05) is 32.9 Å². The summed E-state index contributed by atoms with van der Waals surface area (Å²) in [6.07, 6.45) is 2.73. The maximum Gasteiger partial charge on any atom is 0.242 e. The van der Waals surface area contributed by atoms with Crippen LogP contribution in [0.1, 0.15) is 59.6 Å². The Bertz CT molecular complexity index is 2410. The van der Waals surface area contributed by atoms with Gasteiger partial charge in [-0.2, -0.15) is 0 Å². The van der Waals surface area contributed by atoms with Gasteiger partial charge in [-0.15, -0.1) is 5.10 Å². The highest BCUT2D eigenvalue weighted by molar-refractivity contribution is 5.95. The van der Waals surface area contributed by atoms with E-state index in [0.29, 0.717) is 31.6 Å². The molecule has 30 heteroatoms. The van der Waals surface area contributed by atoms with Gasteiger partial charge in [0.05, 0.1) is 77.2 Å². The van der Waals surface area contributed by atoms with Gasteiger partial charge in [-0.05, 0) is 13.3 Å². The normalized spacial score (nSPS) is 11.1. The average molecular weight is 1150 g/mol. The topological polar surface area (TPSA) is 338 Å².